The first-order valence-electron chi connectivity index (χ1n) is 10.2. The van der Waals surface area contributed by atoms with Crippen LogP contribution in [0.15, 0.2) is 29.2 Å². The van der Waals surface area contributed by atoms with E-state index < -0.39 is 27.7 Å². The van der Waals surface area contributed by atoms with Gasteiger partial charge < -0.3 is 4.90 Å². The van der Waals surface area contributed by atoms with E-state index in [1.807, 2.05) is 0 Å². The molecule has 6 nitrogen and oxygen atoms in total. The monoisotopic (exact) mass is 480 g/mol. The summed E-state index contributed by atoms with van der Waals surface area (Å²) in [7, 11) is -3.78. The highest BCUT2D eigenvalue weighted by molar-refractivity contribution is 7.99. The molecule has 1 aromatic rings. The van der Waals surface area contributed by atoms with Gasteiger partial charge in [0.05, 0.1) is 11.3 Å². The molecule has 1 aliphatic heterocycles. The molecule has 0 unspecified atom stereocenters. The maximum absolute atomic E-state index is 12.8. The number of thioether (sulfide) groups is 1. The van der Waals surface area contributed by atoms with Gasteiger partial charge >= 0.3 is 6.18 Å². The number of rotatable bonds is 11. The average Bonchev–Trinajstić information content (AvgIpc) is 3.09. The van der Waals surface area contributed by atoms with E-state index in [4.69, 9.17) is 0 Å². The first kappa shape index (κ1) is 25.5. The molecule has 31 heavy (non-hydrogen) atoms. The van der Waals surface area contributed by atoms with Crippen LogP contribution in [0.2, 0.25) is 0 Å². The third-order valence-corrected chi connectivity index (χ3v) is 7.76. The molecule has 0 bridgehead atoms. The third-order valence-electron chi connectivity index (χ3n) is 4.78. The normalized spacial score (nSPS) is 14.8. The summed E-state index contributed by atoms with van der Waals surface area (Å²) in [6.45, 7) is 2.72. The number of amides is 2. The molecule has 0 N–H and O–H groups in total. The quantitative estimate of drug-likeness (QED) is 0.451. The highest BCUT2D eigenvalue weighted by Gasteiger charge is 2.30. The minimum Gasteiger partial charge on any atom is -0.343 e. The van der Waals surface area contributed by atoms with Crippen molar-refractivity contribution in [3.05, 3.63) is 29.8 Å². The zero-order valence-electron chi connectivity index (χ0n) is 17.4. The zero-order valence-corrected chi connectivity index (χ0v) is 19.0. The van der Waals surface area contributed by atoms with Crippen LogP contribution in [0.1, 0.15) is 44.6 Å². The first-order valence-corrected chi connectivity index (χ1v) is 12.7. The van der Waals surface area contributed by atoms with Crippen molar-refractivity contribution < 1.29 is 31.2 Å². The number of alkyl halides is 3. The second-order valence-electron chi connectivity index (χ2n) is 7.24. The number of nitrogens with zero attached hydrogens (tertiary/aromatic N) is 2. The first-order chi connectivity index (χ1) is 14.5. The Hall–Kier alpha value is -1.75. The second kappa shape index (κ2) is 11.2. The molecule has 0 atom stereocenters. The van der Waals surface area contributed by atoms with E-state index in [9.17, 15) is 31.2 Å². The van der Waals surface area contributed by atoms with E-state index in [1.165, 1.54) is 12.1 Å². The standard InChI is InChI=1S/C20H27F3N2O4S2/c1-2-14-31(28,29)25(12-5-11-24-10-4-8-18(24)26)19(27)9-13-30-17-7-3-6-16(15-17)20(21,22)23/h3,6-7,15H,2,4-5,8-14H2,1H3. The molecule has 174 valence electrons. The molecule has 1 aromatic carbocycles. The van der Waals surface area contributed by atoms with Crippen LogP contribution in [-0.2, 0) is 25.8 Å². The Morgan fingerprint density at radius 3 is 2.65 bits per heavy atom. The van der Waals surface area contributed by atoms with Crippen molar-refractivity contribution >= 4 is 33.6 Å². The number of carbonyl (C=O) groups is 2. The minimum atomic E-state index is -4.45. The number of hydrogen-bond acceptors (Lipinski definition) is 5. The van der Waals surface area contributed by atoms with E-state index in [1.54, 1.807) is 11.8 Å². The molecule has 2 amide bonds. The minimum absolute atomic E-state index is 0.0147. The molecular formula is C20H27F3N2O4S2. The van der Waals surface area contributed by atoms with Gasteiger partial charge in [0.15, 0.2) is 0 Å². The average molecular weight is 481 g/mol. The van der Waals surface area contributed by atoms with Gasteiger partial charge in [-0.3, -0.25) is 9.59 Å². The fourth-order valence-corrected chi connectivity index (χ4v) is 5.72. The van der Waals surface area contributed by atoms with Gasteiger partial charge in [-0.2, -0.15) is 13.2 Å². The molecule has 1 saturated heterocycles. The molecule has 0 radical (unpaired) electrons. The summed E-state index contributed by atoms with van der Waals surface area (Å²) in [6.07, 6.45) is -2.59. The van der Waals surface area contributed by atoms with Crippen LogP contribution >= 0.6 is 11.8 Å². The molecular weight excluding hydrogens is 453 g/mol. The number of hydrogen-bond donors (Lipinski definition) is 0. The molecule has 2 rings (SSSR count). The van der Waals surface area contributed by atoms with Crippen molar-refractivity contribution in [2.24, 2.45) is 0 Å². The van der Waals surface area contributed by atoms with Gasteiger partial charge in [0, 0.05) is 43.1 Å². The SMILES string of the molecule is CCCS(=O)(=O)N(CCCN1CCCC1=O)C(=O)CCSc1cccc(C(F)(F)F)c1. The lowest BCUT2D eigenvalue weighted by Crippen LogP contribution is -2.40. The van der Waals surface area contributed by atoms with Crippen molar-refractivity contribution in [3.63, 3.8) is 0 Å². The van der Waals surface area contributed by atoms with E-state index in [0.717, 1.165) is 34.6 Å². The molecule has 0 saturated carbocycles. The number of halogens is 3. The second-order valence-corrected chi connectivity index (χ2v) is 10.4. The Morgan fingerprint density at radius 2 is 2.03 bits per heavy atom. The van der Waals surface area contributed by atoms with Crippen molar-refractivity contribution in [3.8, 4) is 0 Å². The zero-order chi connectivity index (χ0) is 23.1. The van der Waals surface area contributed by atoms with Crippen LogP contribution in [0.3, 0.4) is 0 Å². The summed E-state index contributed by atoms with van der Waals surface area (Å²) in [6, 6.07) is 4.79. The topological polar surface area (TPSA) is 74.8 Å². The fourth-order valence-electron chi connectivity index (χ4n) is 3.28. The van der Waals surface area contributed by atoms with Crippen LogP contribution in [0.4, 0.5) is 13.2 Å². The van der Waals surface area contributed by atoms with Crippen LogP contribution in [0.25, 0.3) is 0 Å². The predicted molar refractivity (Wildman–Crippen MR) is 113 cm³/mol. The number of benzene rings is 1. The summed E-state index contributed by atoms with van der Waals surface area (Å²) < 4.78 is 64.4. The molecule has 0 aliphatic carbocycles. The molecule has 1 heterocycles. The van der Waals surface area contributed by atoms with Gasteiger partial charge in [-0.1, -0.05) is 13.0 Å². The van der Waals surface area contributed by atoms with Gasteiger partial charge in [-0.25, -0.2) is 12.7 Å². The Labute approximate surface area is 185 Å². The van der Waals surface area contributed by atoms with Crippen molar-refractivity contribution in [1.82, 2.24) is 9.21 Å². The molecule has 0 aromatic heterocycles. The van der Waals surface area contributed by atoms with Crippen molar-refractivity contribution in [2.75, 3.05) is 31.1 Å². The van der Waals surface area contributed by atoms with E-state index in [2.05, 4.69) is 0 Å². The highest BCUT2D eigenvalue weighted by Crippen LogP contribution is 2.32. The van der Waals surface area contributed by atoms with Crippen LogP contribution in [0.5, 0.6) is 0 Å². The third kappa shape index (κ3) is 7.71. The Balaban J connectivity index is 1.95. The Kier molecular flexibility index (Phi) is 9.23. The Bertz CT molecular complexity index is 875. The molecule has 11 heteroatoms. The largest absolute Gasteiger partial charge is 0.416 e. The van der Waals surface area contributed by atoms with Gasteiger partial charge in [0.1, 0.15) is 0 Å². The van der Waals surface area contributed by atoms with Crippen molar-refractivity contribution in [1.29, 1.82) is 0 Å². The van der Waals surface area contributed by atoms with E-state index in [-0.39, 0.29) is 30.4 Å². The van der Waals surface area contributed by atoms with Crippen molar-refractivity contribution in [2.45, 2.75) is 50.1 Å². The van der Waals surface area contributed by atoms with Crippen LogP contribution in [-0.4, -0.2) is 60.6 Å². The summed E-state index contributed by atoms with van der Waals surface area (Å²) in [4.78, 5) is 26.4. The number of carbonyl (C=O) groups excluding carboxylic acids is 2. The van der Waals surface area contributed by atoms with E-state index in [0.29, 0.717) is 37.2 Å². The fraction of sp³-hybridized carbons (Fsp3) is 0.600. The number of likely N-dealkylation sites (tertiary alicyclic amines) is 1. The maximum Gasteiger partial charge on any atom is 0.416 e. The van der Waals surface area contributed by atoms with Gasteiger partial charge in [-0.15, -0.1) is 11.8 Å². The van der Waals surface area contributed by atoms with Crippen LogP contribution in [0, 0.1) is 0 Å². The molecule has 1 aliphatic rings. The summed E-state index contributed by atoms with van der Waals surface area (Å²) in [5.74, 6) is -0.558. The maximum atomic E-state index is 12.8. The van der Waals surface area contributed by atoms with Crippen LogP contribution < -0.4 is 0 Å². The molecule has 0 spiro atoms. The summed E-state index contributed by atoms with van der Waals surface area (Å²) >= 11 is 1.07. The lowest BCUT2D eigenvalue weighted by molar-refractivity contribution is -0.137. The summed E-state index contributed by atoms with van der Waals surface area (Å²) in [5, 5.41) is 0. The summed E-state index contributed by atoms with van der Waals surface area (Å²) in [5.41, 5.74) is -0.771. The highest BCUT2D eigenvalue weighted by atomic mass is 32.2. The lowest BCUT2D eigenvalue weighted by Gasteiger charge is -2.24. The van der Waals surface area contributed by atoms with Gasteiger partial charge in [0.25, 0.3) is 0 Å². The Morgan fingerprint density at radius 1 is 1.29 bits per heavy atom. The predicted octanol–water partition coefficient (Wildman–Crippen LogP) is 3.77. The lowest BCUT2D eigenvalue weighted by atomic mass is 10.2. The molecule has 1 fully saturated rings. The smallest absolute Gasteiger partial charge is 0.343 e. The number of sulfonamides is 1. The van der Waals surface area contributed by atoms with Gasteiger partial charge in [0.2, 0.25) is 21.8 Å². The van der Waals surface area contributed by atoms with Gasteiger partial charge in [-0.05, 0) is 37.5 Å². The van der Waals surface area contributed by atoms with E-state index >= 15 is 0 Å².